The fraction of sp³-hybridized carbons (Fsp3) is 0.810. The van der Waals surface area contributed by atoms with E-state index >= 15 is 0 Å². The summed E-state index contributed by atoms with van der Waals surface area (Å²) in [6.07, 6.45) is 4.16. The Bertz CT molecular complexity index is 638. The molecule has 5 nitrogen and oxygen atoms in total. The van der Waals surface area contributed by atoms with Crippen molar-refractivity contribution in [3.8, 4) is 0 Å². The molecule has 3 rings (SSSR count). The van der Waals surface area contributed by atoms with Crippen molar-refractivity contribution in [2.75, 3.05) is 7.11 Å². The fourth-order valence-corrected chi connectivity index (χ4v) is 5.17. The molecule has 0 N–H and O–H groups in total. The summed E-state index contributed by atoms with van der Waals surface area (Å²) in [4.78, 5) is 25.1. The lowest BCUT2D eigenvalue weighted by molar-refractivity contribution is -0.237. The van der Waals surface area contributed by atoms with Gasteiger partial charge in [0.1, 0.15) is 6.10 Å². The molecule has 2 saturated carbocycles. The summed E-state index contributed by atoms with van der Waals surface area (Å²) in [6.45, 7) is 10.1. The standard InChI is InChI=1S/C21H32O5/c1-7-12(2)18(22)25-17-16-14(4)19(23)26-21(16,24-6)11-15-10-8-9-13(3)20(15,17)5/h12-13,15,17H,7-11H2,1-6H3/t12?,13-,15?,17+,20+,21+/m0/s1. The van der Waals surface area contributed by atoms with Crippen LogP contribution < -0.4 is 0 Å². The Kier molecular flexibility index (Phi) is 4.97. The van der Waals surface area contributed by atoms with Crippen LogP contribution in [0.1, 0.15) is 66.7 Å². The Morgan fingerprint density at radius 3 is 2.69 bits per heavy atom. The van der Waals surface area contributed by atoms with Crippen molar-refractivity contribution in [3.63, 3.8) is 0 Å². The fourth-order valence-electron chi connectivity index (χ4n) is 5.17. The Morgan fingerprint density at radius 1 is 1.38 bits per heavy atom. The Balaban J connectivity index is 2.11. The molecule has 26 heavy (non-hydrogen) atoms. The number of esters is 2. The van der Waals surface area contributed by atoms with Crippen LogP contribution in [0.25, 0.3) is 0 Å². The Labute approximate surface area is 156 Å². The van der Waals surface area contributed by atoms with Crippen LogP contribution in [-0.4, -0.2) is 30.9 Å². The summed E-state index contributed by atoms with van der Waals surface area (Å²) < 4.78 is 17.6. The molecule has 146 valence electrons. The largest absolute Gasteiger partial charge is 0.457 e. The molecule has 2 unspecified atom stereocenters. The molecule has 0 aromatic rings. The lowest BCUT2D eigenvalue weighted by Gasteiger charge is -2.57. The molecule has 3 aliphatic rings. The molecular formula is C21H32O5. The van der Waals surface area contributed by atoms with Gasteiger partial charge in [0.2, 0.25) is 5.79 Å². The maximum atomic E-state index is 12.7. The highest BCUT2D eigenvalue weighted by Gasteiger charge is 2.65. The van der Waals surface area contributed by atoms with Crippen LogP contribution in [-0.2, 0) is 23.8 Å². The lowest BCUT2D eigenvalue weighted by Crippen LogP contribution is -2.60. The van der Waals surface area contributed by atoms with Crippen molar-refractivity contribution >= 4 is 11.9 Å². The zero-order valence-corrected chi connectivity index (χ0v) is 16.9. The van der Waals surface area contributed by atoms with Gasteiger partial charge in [-0.2, -0.15) is 0 Å². The second-order valence-corrected chi connectivity index (χ2v) is 8.61. The first-order valence-corrected chi connectivity index (χ1v) is 9.91. The molecule has 0 aromatic carbocycles. The Morgan fingerprint density at radius 2 is 2.08 bits per heavy atom. The van der Waals surface area contributed by atoms with Gasteiger partial charge in [-0.3, -0.25) is 4.79 Å². The third-order valence-electron chi connectivity index (χ3n) is 7.43. The van der Waals surface area contributed by atoms with Crippen LogP contribution in [0.4, 0.5) is 0 Å². The van der Waals surface area contributed by atoms with Gasteiger partial charge in [-0.15, -0.1) is 0 Å². The highest BCUT2D eigenvalue weighted by molar-refractivity contribution is 5.93. The first kappa shape index (κ1) is 19.4. The summed E-state index contributed by atoms with van der Waals surface area (Å²) in [5.74, 6) is -1.15. The van der Waals surface area contributed by atoms with Gasteiger partial charge >= 0.3 is 11.9 Å². The third kappa shape index (κ3) is 2.62. The molecule has 0 radical (unpaired) electrons. The van der Waals surface area contributed by atoms with E-state index in [1.54, 1.807) is 14.0 Å². The predicted octanol–water partition coefficient (Wildman–Crippen LogP) is 4.01. The van der Waals surface area contributed by atoms with E-state index in [1.807, 2.05) is 13.8 Å². The Hall–Kier alpha value is -1.36. The highest BCUT2D eigenvalue weighted by Crippen LogP contribution is 2.61. The first-order chi connectivity index (χ1) is 12.2. The molecular weight excluding hydrogens is 332 g/mol. The monoisotopic (exact) mass is 364 g/mol. The van der Waals surface area contributed by atoms with Gasteiger partial charge in [0.05, 0.1) is 11.5 Å². The minimum Gasteiger partial charge on any atom is -0.457 e. The third-order valence-corrected chi connectivity index (χ3v) is 7.43. The summed E-state index contributed by atoms with van der Waals surface area (Å²) >= 11 is 0. The summed E-state index contributed by atoms with van der Waals surface area (Å²) in [5, 5.41) is 0. The van der Waals surface area contributed by atoms with Gasteiger partial charge in [0, 0.05) is 24.5 Å². The van der Waals surface area contributed by atoms with E-state index < -0.39 is 11.9 Å². The maximum absolute atomic E-state index is 12.7. The van der Waals surface area contributed by atoms with E-state index in [-0.39, 0.29) is 29.2 Å². The second kappa shape index (κ2) is 6.66. The topological polar surface area (TPSA) is 61.8 Å². The van der Waals surface area contributed by atoms with E-state index in [1.165, 1.54) is 0 Å². The number of methoxy groups -OCH3 is 1. The predicted molar refractivity (Wildman–Crippen MR) is 97.1 cm³/mol. The van der Waals surface area contributed by atoms with Gasteiger partial charge in [0.25, 0.3) is 0 Å². The minimum atomic E-state index is -1.08. The molecule has 5 heteroatoms. The van der Waals surface area contributed by atoms with Crippen LogP contribution in [0, 0.1) is 23.2 Å². The van der Waals surface area contributed by atoms with E-state index in [0.29, 0.717) is 17.9 Å². The van der Waals surface area contributed by atoms with Crippen LogP contribution in [0.3, 0.4) is 0 Å². The van der Waals surface area contributed by atoms with Gasteiger partial charge in [-0.25, -0.2) is 4.79 Å². The lowest BCUT2D eigenvalue weighted by atomic mass is 9.52. The van der Waals surface area contributed by atoms with Crippen LogP contribution in [0.15, 0.2) is 11.1 Å². The number of carbonyl (C=O) groups excluding carboxylic acids is 2. The summed E-state index contributed by atoms with van der Waals surface area (Å²) in [5.41, 5.74) is 1.05. The number of ether oxygens (including phenoxy) is 3. The van der Waals surface area contributed by atoms with E-state index in [2.05, 4.69) is 13.8 Å². The zero-order chi connectivity index (χ0) is 19.3. The summed E-state index contributed by atoms with van der Waals surface area (Å²) in [7, 11) is 1.58. The molecule has 0 spiro atoms. The van der Waals surface area contributed by atoms with Crippen molar-refractivity contribution < 1.29 is 23.8 Å². The normalized spacial score (nSPS) is 40.5. The molecule has 0 saturated heterocycles. The van der Waals surface area contributed by atoms with E-state index in [4.69, 9.17) is 14.2 Å². The number of fused-ring (bicyclic) bond motifs is 2. The van der Waals surface area contributed by atoms with Gasteiger partial charge < -0.3 is 14.2 Å². The molecule has 0 bridgehead atoms. The molecule has 1 aliphatic heterocycles. The number of hydrogen-bond donors (Lipinski definition) is 0. The van der Waals surface area contributed by atoms with Gasteiger partial charge in [-0.1, -0.05) is 40.5 Å². The quantitative estimate of drug-likeness (QED) is 0.706. The van der Waals surface area contributed by atoms with E-state index in [9.17, 15) is 9.59 Å². The molecule has 2 aliphatic carbocycles. The summed E-state index contributed by atoms with van der Waals surface area (Å²) in [6, 6.07) is 0. The second-order valence-electron chi connectivity index (χ2n) is 8.61. The molecule has 6 atom stereocenters. The minimum absolute atomic E-state index is 0.172. The van der Waals surface area contributed by atoms with Gasteiger partial charge in [-0.05, 0) is 31.6 Å². The van der Waals surface area contributed by atoms with Gasteiger partial charge in [0.15, 0.2) is 0 Å². The zero-order valence-electron chi connectivity index (χ0n) is 16.9. The number of hydrogen-bond acceptors (Lipinski definition) is 5. The number of rotatable bonds is 4. The van der Waals surface area contributed by atoms with E-state index in [0.717, 1.165) is 31.3 Å². The van der Waals surface area contributed by atoms with Crippen molar-refractivity contribution in [3.05, 3.63) is 11.1 Å². The SMILES string of the molecule is CCC(C)C(=O)O[C@@H]1C2=C(C)C(=O)O[C@]2(OC)CC2CCC[C@H](C)[C@]21C. The van der Waals surface area contributed by atoms with Crippen LogP contribution in [0.5, 0.6) is 0 Å². The van der Waals surface area contributed by atoms with Crippen molar-refractivity contribution in [2.24, 2.45) is 23.2 Å². The van der Waals surface area contributed by atoms with Crippen molar-refractivity contribution in [1.82, 2.24) is 0 Å². The average Bonchev–Trinajstić information content (AvgIpc) is 2.87. The molecule has 2 fully saturated rings. The first-order valence-electron chi connectivity index (χ1n) is 9.91. The molecule has 0 amide bonds. The highest BCUT2D eigenvalue weighted by atomic mass is 16.7. The van der Waals surface area contributed by atoms with Crippen LogP contribution in [0.2, 0.25) is 0 Å². The van der Waals surface area contributed by atoms with Crippen LogP contribution >= 0.6 is 0 Å². The molecule has 1 heterocycles. The van der Waals surface area contributed by atoms with Crippen molar-refractivity contribution in [1.29, 1.82) is 0 Å². The molecule has 0 aromatic heterocycles. The number of carbonyl (C=O) groups is 2. The smallest absolute Gasteiger partial charge is 0.336 e. The van der Waals surface area contributed by atoms with Crippen molar-refractivity contribution in [2.45, 2.75) is 78.6 Å². The average molecular weight is 364 g/mol. The maximum Gasteiger partial charge on any atom is 0.336 e.